The van der Waals surface area contributed by atoms with Gasteiger partial charge in [0.15, 0.2) is 5.69 Å². The van der Waals surface area contributed by atoms with Gasteiger partial charge in [0.05, 0.1) is 10.7 Å². The number of amides is 1. The summed E-state index contributed by atoms with van der Waals surface area (Å²) in [4.78, 5) is 12.2. The van der Waals surface area contributed by atoms with Crippen molar-refractivity contribution in [2.24, 2.45) is 0 Å². The van der Waals surface area contributed by atoms with E-state index in [0.29, 0.717) is 23.1 Å². The smallest absolute Gasteiger partial charge is 0.276 e. The maximum absolute atomic E-state index is 12.2. The summed E-state index contributed by atoms with van der Waals surface area (Å²) in [6.45, 7) is 0.640. The summed E-state index contributed by atoms with van der Waals surface area (Å²) in [5.41, 5.74) is 1.90. The van der Waals surface area contributed by atoms with E-state index in [0.717, 1.165) is 5.56 Å². The van der Waals surface area contributed by atoms with Crippen molar-refractivity contribution in [1.29, 1.82) is 0 Å². The minimum atomic E-state index is -0.356. The van der Waals surface area contributed by atoms with E-state index in [1.807, 2.05) is 30.3 Å². The van der Waals surface area contributed by atoms with Gasteiger partial charge in [-0.1, -0.05) is 54.1 Å². The second kappa shape index (κ2) is 7.57. The molecule has 0 atom stereocenters. The van der Waals surface area contributed by atoms with Gasteiger partial charge in [-0.15, -0.1) is 10.2 Å². The van der Waals surface area contributed by atoms with Crippen LogP contribution in [0.25, 0.3) is 0 Å². The van der Waals surface area contributed by atoms with Gasteiger partial charge >= 0.3 is 0 Å². The highest BCUT2D eigenvalue weighted by atomic mass is 35.5. The van der Waals surface area contributed by atoms with Gasteiger partial charge in [-0.05, 0) is 29.8 Å². The number of anilines is 2. The van der Waals surface area contributed by atoms with Gasteiger partial charge in [-0.2, -0.15) is 0 Å². The molecule has 3 aromatic rings. The van der Waals surface area contributed by atoms with E-state index in [2.05, 4.69) is 20.8 Å². The molecular weight excluding hydrogens is 324 g/mol. The van der Waals surface area contributed by atoms with Gasteiger partial charge in [0.2, 0.25) is 0 Å². The predicted molar refractivity (Wildman–Crippen MR) is 95.2 cm³/mol. The highest BCUT2D eigenvalue weighted by Crippen LogP contribution is 2.20. The molecule has 6 heteroatoms. The second-order valence-electron chi connectivity index (χ2n) is 5.08. The first-order valence-corrected chi connectivity index (χ1v) is 7.77. The number of hydrogen-bond acceptors (Lipinski definition) is 4. The highest BCUT2D eigenvalue weighted by molar-refractivity contribution is 6.33. The van der Waals surface area contributed by atoms with Crippen molar-refractivity contribution in [2.75, 3.05) is 10.6 Å². The van der Waals surface area contributed by atoms with E-state index in [9.17, 15) is 4.79 Å². The monoisotopic (exact) mass is 338 g/mol. The number of rotatable bonds is 5. The molecule has 0 saturated carbocycles. The van der Waals surface area contributed by atoms with Gasteiger partial charge < -0.3 is 10.6 Å². The molecule has 0 radical (unpaired) electrons. The predicted octanol–water partition coefficient (Wildman–Crippen LogP) is 3.99. The third kappa shape index (κ3) is 4.08. The van der Waals surface area contributed by atoms with Crippen molar-refractivity contribution in [2.45, 2.75) is 6.54 Å². The van der Waals surface area contributed by atoms with Crippen LogP contribution in [-0.2, 0) is 6.54 Å². The van der Waals surface area contributed by atoms with Crippen molar-refractivity contribution in [1.82, 2.24) is 10.2 Å². The molecule has 1 heterocycles. The van der Waals surface area contributed by atoms with E-state index < -0.39 is 0 Å². The zero-order valence-corrected chi connectivity index (χ0v) is 13.5. The molecule has 0 spiro atoms. The summed E-state index contributed by atoms with van der Waals surface area (Å²) in [5.74, 6) is 0.248. The molecule has 2 N–H and O–H groups in total. The first-order valence-electron chi connectivity index (χ1n) is 7.40. The number of aromatic nitrogens is 2. The number of nitrogens with zero attached hydrogens (tertiary/aromatic N) is 2. The van der Waals surface area contributed by atoms with Crippen LogP contribution in [0.1, 0.15) is 16.1 Å². The SMILES string of the molecule is O=C(Nc1ccccc1Cl)c1ccc(NCc2ccccc2)nn1. The van der Waals surface area contributed by atoms with E-state index >= 15 is 0 Å². The largest absolute Gasteiger partial charge is 0.365 e. The number of carbonyl (C=O) groups excluding carboxylic acids is 1. The number of carbonyl (C=O) groups is 1. The average Bonchev–Trinajstić information content (AvgIpc) is 2.63. The molecule has 0 fully saturated rings. The van der Waals surface area contributed by atoms with E-state index in [4.69, 9.17) is 11.6 Å². The average molecular weight is 339 g/mol. The fourth-order valence-corrected chi connectivity index (χ4v) is 2.27. The molecule has 0 unspecified atom stereocenters. The summed E-state index contributed by atoms with van der Waals surface area (Å²) in [6, 6.07) is 20.3. The van der Waals surface area contributed by atoms with Crippen LogP contribution in [0.3, 0.4) is 0 Å². The minimum Gasteiger partial charge on any atom is -0.365 e. The molecule has 2 aromatic carbocycles. The van der Waals surface area contributed by atoms with Crippen molar-refractivity contribution in [3.63, 3.8) is 0 Å². The molecule has 24 heavy (non-hydrogen) atoms. The summed E-state index contributed by atoms with van der Waals surface area (Å²) < 4.78 is 0. The lowest BCUT2D eigenvalue weighted by Gasteiger charge is -2.07. The van der Waals surface area contributed by atoms with Crippen LogP contribution < -0.4 is 10.6 Å². The Morgan fingerprint density at radius 1 is 0.917 bits per heavy atom. The molecule has 3 rings (SSSR count). The van der Waals surface area contributed by atoms with Gasteiger partial charge in [0, 0.05) is 6.54 Å². The van der Waals surface area contributed by atoms with Crippen molar-refractivity contribution in [3.8, 4) is 0 Å². The normalized spacial score (nSPS) is 10.2. The standard InChI is InChI=1S/C18H15ClN4O/c19-14-8-4-5-9-15(14)21-18(24)16-10-11-17(23-22-16)20-12-13-6-2-1-3-7-13/h1-11H,12H2,(H,20,23)(H,21,24). The fourth-order valence-electron chi connectivity index (χ4n) is 2.09. The Labute approximate surface area is 144 Å². The number of para-hydroxylation sites is 1. The Bertz CT molecular complexity index is 822. The maximum atomic E-state index is 12.2. The molecule has 120 valence electrons. The Balaban J connectivity index is 1.61. The van der Waals surface area contributed by atoms with Crippen LogP contribution in [0.15, 0.2) is 66.7 Å². The van der Waals surface area contributed by atoms with Crippen LogP contribution in [0, 0.1) is 0 Å². The van der Waals surface area contributed by atoms with E-state index in [1.165, 1.54) is 0 Å². The fraction of sp³-hybridized carbons (Fsp3) is 0.0556. The summed E-state index contributed by atoms with van der Waals surface area (Å²) in [6.07, 6.45) is 0. The molecule has 0 bridgehead atoms. The van der Waals surface area contributed by atoms with Crippen LogP contribution in [0.2, 0.25) is 5.02 Å². The van der Waals surface area contributed by atoms with E-state index in [-0.39, 0.29) is 11.6 Å². The molecular formula is C18H15ClN4O. The zero-order valence-electron chi connectivity index (χ0n) is 12.7. The Hall–Kier alpha value is -2.92. The lowest BCUT2D eigenvalue weighted by molar-refractivity contribution is 0.102. The molecule has 5 nitrogen and oxygen atoms in total. The van der Waals surface area contributed by atoms with Crippen molar-refractivity contribution in [3.05, 3.63) is 83.0 Å². The molecule has 1 amide bonds. The van der Waals surface area contributed by atoms with Gasteiger partial charge in [0.1, 0.15) is 5.82 Å². The van der Waals surface area contributed by atoms with Gasteiger partial charge in [-0.3, -0.25) is 4.79 Å². The quantitative estimate of drug-likeness (QED) is 0.738. The summed E-state index contributed by atoms with van der Waals surface area (Å²) in [7, 11) is 0. The molecule has 0 aliphatic rings. The topological polar surface area (TPSA) is 66.9 Å². The molecule has 1 aromatic heterocycles. The third-order valence-corrected chi connectivity index (χ3v) is 3.67. The van der Waals surface area contributed by atoms with E-state index in [1.54, 1.807) is 36.4 Å². The lowest BCUT2D eigenvalue weighted by Crippen LogP contribution is -2.15. The maximum Gasteiger partial charge on any atom is 0.276 e. The zero-order chi connectivity index (χ0) is 16.8. The van der Waals surface area contributed by atoms with Gasteiger partial charge in [0.25, 0.3) is 5.91 Å². The van der Waals surface area contributed by atoms with Crippen molar-refractivity contribution >= 4 is 29.0 Å². The molecule has 0 saturated heterocycles. The van der Waals surface area contributed by atoms with Crippen molar-refractivity contribution < 1.29 is 4.79 Å². The summed E-state index contributed by atoms with van der Waals surface area (Å²) in [5, 5.41) is 14.3. The number of halogens is 1. The van der Waals surface area contributed by atoms with Crippen LogP contribution in [0.5, 0.6) is 0 Å². The minimum absolute atomic E-state index is 0.222. The highest BCUT2D eigenvalue weighted by Gasteiger charge is 2.10. The molecule has 0 aliphatic heterocycles. The number of nitrogens with one attached hydrogen (secondary N) is 2. The van der Waals surface area contributed by atoms with Crippen LogP contribution >= 0.6 is 11.6 Å². The second-order valence-corrected chi connectivity index (χ2v) is 5.48. The first kappa shape index (κ1) is 16.0. The third-order valence-electron chi connectivity index (χ3n) is 3.34. The van der Waals surface area contributed by atoms with Crippen LogP contribution in [0.4, 0.5) is 11.5 Å². The first-order chi connectivity index (χ1) is 11.7. The number of benzene rings is 2. The molecule has 0 aliphatic carbocycles. The Morgan fingerprint density at radius 3 is 2.38 bits per heavy atom. The summed E-state index contributed by atoms with van der Waals surface area (Å²) >= 11 is 6.02. The Morgan fingerprint density at radius 2 is 1.67 bits per heavy atom. The lowest BCUT2D eigenvalue weighted by atomic mass is 10.2. The van der Waals surface area contributed by atoms with Crippen LogP contribution in [-0.4, -0.2) is 16.1 Å². The number of hydrogen-bond donors (Lipinski definition) is 2. The Kier molecular flexibility index (Phi) is 5.03. The van der Waals surface area contributed by atoms with Gasteiger partial charge in [-0.25, -0.2) is 0 Å².